The fourth-order valence-corrected chi connectivity index (χ4v) is 6.53. The van der Waals surface area contributed by atoms with Gasteiger partial charge in [-0.3, -0.25) is 19.4 Å². The fraction of sp³-hybridized carbons (Fsp3) is 0.531. The average Bonchev–Trinajstić information content (AvgIpc) is 3.73. The first-order valence-electron chi connectivity index (χ1n) is 14.5. The van der Waals surface area contributed by atoms with Crippen LogP contribution < -0.4 is 10.6 Å². The molecular formula is C32H34F3N5O4. The van der Waals surface area contributed by atoms with Crippen LogP contribution in [0.15, 0.2) is 30.6 Å². The van der Waals surface area contributed by atoms with Gasteiger partial charge >= 0.3 is 12.1 Å². The van der Waals surface area contributed by atoms with E-state index in [9.17, 15) is 32.8 Å². The number of nitrogens with one attached hydrogen (secondary N) is 2. The monoisotopic (exact) mass is 609 g/mol. The predicted octanol–water partition coefficient (Wildman–Crippen LogP) is 3.77. The number of carbonyl (C=O) groups excluding carboxylic acids is 3. The molecule has 2 heterocycles. The topological polar surface area (TPSA) is 124 Å². The summed E-state index contributed by atoms with van der Waals surface area (Å²) in [6.45, 7) is 8.93. The number of hydrogen-bond acceptors (Lipinski definition) is 6. The number of piperidine rings is 1. The van der Waals surface area contributed by atoms with Gasteiger partial charge in [-0.05, 0) is 56.9 Å². The number of nitriles is 1. The summed E-state index contributed by atoms with van der Waals surface area (Å²) < 4.78 is 45.8. The second-order valence-electron chi connectivity index (χ2n) is 12.7. The number of carbonyl (C=O) groups is 3. The number of rotatable bonds is 8. The van der Waals surface area contributed by atoms with Crippen LogP contribution in [0.4, 0.5) is 13.2 Å². The van der Waals surface area contributed by atoms with Crippen LogP contribution in [0, 0.1) is 40.4 Å². The van der Waals surface area contributed by atoms with E-state index >= 15 is 0 Å². The SMILES string of the molecule is CC#Cc1cccc2cncc(C(C#N)NC(=O)[C@@H]3[C@@H]4[C@H](CN3C(=O)[C@@H](NC(=O)C(F)(F)F)[C@@H](C)OC3(C)CC3)C4(C)C)c12. The van der Waals surface area contributed by atoms with Crippen molar-refractivity contribution in [3.8, 4) is 17.9 Å². The zero-order chi connectivity index (χ0) is 32.2. The minimum absolute atomic E-state index is 0.0930. The molecule has 2 saturated carbocycles. The van der Waals surface area contributed by atoms with Gasteiger partial charge < -0.3 is 20.3 Å². The van der Waals surface area contributed by atoms with Gasteiger partial charge in [0.15, 0.2) is 0 Å². The number of fused-ring (bicyclic) bond motifs is 2. The normalized spacial score (nSPS) is 24.5. The van der Waals surface area contributed by atoms with E-state index < -0.39 is 53.7 Å². The number of pyridine rings is 1. The lowest BCUT2D eigenvalue weighted by Crippen LogP contribution is -2.60. The molecule has 1 aliphatic heterocycles. The molecule has 1 saturated heterocycles. The number of nitrogens with zero attached hydrogens (tertiary/aromatic N) is 3. The molecule has 9 nitrogen and oxygen atoms in total. The van der Waals surface area contributed by atoms with Crippen LogP contribution in [0.5, 0.6) is 0 Å². The van der Waals surface area contributed by atoms with E-state index in [1.165, 1.54) is 18.0 Å². The highest BCUT2D eigenvalue weighted by Crippen LogP contribution is 2.65. The van der Waals surface area contributed by atoms with Crippen LogP contribution >= 0.6 is 0 Å². The van der Waals surface area contributed by atoms with Gasteiger partial charge in [-0.15, -0.1) is 5.92 Å². The standard InChI is InChI=1S/C32H34F3N5O4/c1-6-8-18-9-7-10-19-14-37-15-20(23(18)19)22(13-36)38-27(41)26-24-21(30(24,3)4)16-40(26)28(42)25(39-29(43)32(33,34)35)17(2)44-31(5)11-12-31/h7,9-10,14-15,17,21-22,24-26H,11-12,16H2,1-5H3,(H,38,41)(H,39,43)/t17-,21+,22?,24+,25+,26+/m1/s1. The van der Waals surface area contributed by atoms with E-state index in [1.807, 2.05) is 31.3 Å². The third-order valence-electron chi connectivity index (χ3n) is 9.26. The molecule has 3 fully saturated rings. The van der Waals surface area contributed by atoms with Gasteiger partial charge in [0.2, 0.25) is 11.8 Å². The molecule has 1 unspecified atom stereocenters. The molecule has 232 valence electrons. The average molecular weight is 610 g/mol. The molecule has 2 aromatic rings. The molecule has 2 aliphatic carbocycles. The van der Waals surface area contributed by atoms with E-state index in [2.05, 4.69) is 28.2 Å². The van der Waals surface area contributed by atoms with Crippen molar-refractivity contribution in [1.29, 1.82) is 5.26 Å². The zero-order valence-electron chi connectivity index (χ0n) is 25.1. The summed E-state index contributed by atoms with van der Waals surface area (Å²) in [5, 5.41) is 16.1. The summed E-state index contributed by atoms with van der Waals surface area (Å²) in [7, 11) is 0. The summed E-state index contributed by atoms with van der Waals surface area (Å²) in [4.78, 5) is 45.4. The minimum Gasteiger partial charge on any atom is -0.370 e. The van der Waals surface area contributed by atoms with Gasteiger partial charge in [-0.25, -0.2) is 0 Å². The minimum atomic E-state index is -5.22. The lowest BCUT2D eigenvalue weighted by molar-refractivity contribution is -0.177. The first kappa shape index (κ1) is 31.3. The Morgan fingerprint density at radius 3 is 2.48 bits per heavy atom. The van der Waals surface area contributed by atoms with Gasteiger partial charge in [-0.2, -0.15) is 18.4 Å². The number of halogens is 3. The third-order valence-corrected chi connectivity index (χ3v) is 9.26. The Labute approximate surface area is 253 Å². The van der Waals surface area contributed by atoms with Crippen LogP contribution in [-0.4, -0.2) is 64.1 Å². The summed E-state index contributed by atoms with van der Waals surface area (Å²) in [5.41, 5.74) is 0.161. The Morgan fingerprint density at radius 1 is 1.16 bits per heavy atom. The van der Waals surface area contributed by atoms with E-state index in [4.69, 9.17) is 4.74 Å². The maximum absolute atomic E-state index is 14.0. The molecule has 0 radical (unpaired) electrons. The van der Waals surface area contributed by atoms with Gasteiger partial charge in [0.25, 0.3) is 0 Å². The number of amides is 3. The number of benzene rings is 1. The van der Waals surface area contributed by atoms with Crippen molar-refractivity contribution in [2.24, 2.45) is 17.3 Å². The molecule has 1 aromatic carbocycles. The Bertz CT molecular complexity index is 1610. The Balaban J connectivity index is 1.45. The second kappa shape index (κ2) is 11.1. The van der Waals surface area contributed by atoms with Crippen LogP contribution in [0.3, 0.4) is 0 Å². The van der Waals surface area contributed by atoms with E-state index in [0.717, 1.165) is 5.39 Å². The number of likely N-dealkylation sites (tertiary alicyclic amines) is 1. The summed E-state index contributed by atoms with van der Waals surface area (Å²) >= 11 is 0. The van der Waals surface area contributed by atoms with Crippen molar-refractivity contribution >= 4 is 28.5 Å². The van der Waals surface area contributed by atoms with Gasteiger partial charge in [-0.1, -0.05) is 31.9 Å². The van der Waals surface area contributed by atoms with Crippen molar-refractivity contribution in [3.63, 3.8) is 0 Å². The number of alkyl halides is 3. The summed E-state index contributed by atoms with van der Waals surface area (Å²) in [6, 6.07) is 3.63. The highest BCUT2D eigenvalue weighted by Gasteiger charge is 2.70. The number of hydrogen-bond donors (Lipinski definition) is 2. The fourth-order valence-electron chi connectivity index (χ4n) is 6.53. The van der Waals surface area contributed by atoms with Crippen molar-refractivity contribution in [2.45, 2.75) is 83.5 Å². The highest BCUT2D eigenvalue weighted by atomic mass is 19.4. The lowest BCUT2D eigenvalue weighted by atomic mass is 9.96. The third kappa shape index (κ3) is 5.71. The molecule has 5 rings (SSSR count). The number of ether oxygens (including phenoxy) is 1. The molecule has 44 heavy (non-hydrogen) atoms. The maximum Gasteiger partial charge on any atom is 0.471 e. The van der Waals surface area contributed by atoms with E-state index in [0.29, 0.717) is 29.4 Å². The largest absolute Gasteiger partial charge is 0.471 e. The van der Waals surface area contributed by atoms with Gasteiger partial charge in [0.05, 0.1) is 17.8 Å². The Kier molecular flexibility index (Phi) is 7.88. The molecule has 0 bridgehead atoms. The Morgan fingerprint density at radius 2 is 1.86 bits per heavy atom. The summed E-state index contributed by atoms with van der Waals surface area (Å²) in [5.74, 6) is 1.74. The van der Waals surface area contributed by atoms with Crippen molar-refractivity contribution < 1.29 is 32.3 Å². The second-order valence-corrected chi connectivity index (χ2v) is 12.7. The smallest absolute Gasteiger partial charge is 0.370 e. The predicted molar refractivity (Wildman–Crippen MR) is 153 cm³/mol. The first-order chi connectivity index (χ1) is 20.6. The van der Waals surface area contributed by atoms with Gasteiger partial charge in [0, 0.05) is 40.8 Å². The molecule has 1 aromatic heterocycles. The van der Waals surface area contributed by atoms with E-state index in [1.54, 1.807) is 26.1 Å². The number of aromatic nitrogens is 1. The molecular weight excluding hydrogens is 575 g/mol. The molecule has 0 spiro atoms. The molecule has 3 aliphatic rings. The van der Waals surface area contributed by atoms with Crippen LogP contribution in [0.2, 0.25) is 0 Å². The molecule has 3 amide bonds. The van der Waals surface area contributed by atoms with E-state index in [-0.39, 0.29) is 23.8 Å². The van der Waals surface area contributed by atoms with Crippen LogP contribution in [0.1, 0.15) is 64.6 Å². The Hall–Kier alpha value is -4.16. The molecule has 6 atom stereocenters. The van der Waals surface area contributed by atoms with Crippen molar-refractivity contribution in [1.82, 2.24) is 20.5 Å². The quantitative estimate of drug-likeness (QED) is 0.439. The van der Waals surface area contributed by atoms with Crippen molar-refractivity contribution in [3.05, 3.63) is 41.7 Å². The lowest BCUT2D eigenvalue weighted by Gasteiger charge is -2.35. The highest BCUT2D eigenvalue weighted by molar-refractivity contribution is 5.96. The van der Waals surface area contributed by atoms with Crippen molar-refractivity contribution in [2.75, 3.05) is 6.54 Å². The molecule has 2 N–H and O–H groups in total. The van der Waals surface area contributed by atoms with Crippen LogP contribution in [0.25, 0.3) is 10.8 Å². The zero-order valence-corrected chi connectivity index (χ0v) is 25.1. The van der Waals surface area contributed by atoms with Gasteiger partial charge in [0.1, 0.15) is 18.1 Å². The summed E-state index contributed by atoms with van der Waals surface area (Å²) in [6.07, 6.45) is -1.86. The molecule has 12 heteroatoms. The first-order valence-corrected chi connectivity index (χ1v) is 14.5. The van der Waals surface area contributed by atoms with Crippen LogP contribution in [-0.2, 0) is 19.1 Å². The maximum atomic E-state index is 14.0.